The third-order valence-electron chi connectivity index (χ3n) is 1.61. The van der Waals surface area contributed by atoms with Crippen molar-refractivity contribution in [1.29, 1.82) is 0 Å². The summed E-state index contributed by atoms with van der Waals surface area (Å²) in [5, 5.41) is 0. The minimum absolute atomic E-state index is 0.259. The summed E-state index contributed by atoms with van der Waals surface area (Å²) < 4.78 is 4.73. The molecular weight excluding hydrogens is 154 g/mol. The van der Waals surface area contributed by atoms with Crippen LogP contribution in [0.25, 0.3) is 0 Å². The second-order valence-electron chi connectivity index (χ2n) is 2.82. The number of ether oxygens (including phenoxy) is 1. The molecule has 0 amide bonds. The van der Waals surface area contributed by atoms with Crippen molar-refractivity contribution in [2.24, 2.45) is 0 Å². The highest BCUT2D eigenvalue weighted by Gasteiger charge is 2.00. The van der Waals surface area contributed by atoms with Crippen LogP contribution in [-0.2, 0) is 9.53 Å². The summed E-state index contributed by atoms with van der Waals surface area (Å²) in [6.45, 7) is 4.23. The van der Waals surface area contributed by atoms with Crippen LogP contribution < -0.4 is 0 Å². The van der Waals surface area contributed by atoms with E-state index in [-0.39, 0.29) is 12.0 Å². The van der Waals surface area contributed by atoms with Gasteiger partial charge in [-0.05, 0) is 27.9 Å². The van der Waals surface area contributed by atoms with Crippen LogP contribution in [0.3, 0.4) is 0 Å². The van der Waals surface area contributed by atoms with Gasteiger partial charge in [0.05, 0.1) is 6.61 Å². The Balaban J connectivity index is 3.81. The van der Waals surface area contributed by atoms with E-state index in [4.69, 9.17) is 4.74 Å². The van der Waals surface area contributed by atoms with Crippen LogP contribution in [-0.4, -0.2) is 37.6 Å². The van der Waals surface area contributed by atoms with Crippen LogP contribution in [0.15, 0.2) is 12.2 Å². The van der Waals surface area contributed by atoms with Gasteiger partial charge in [-0.15, -0.1) is 0 Å². The molecule has 12 heavy (non-hydrogen) atoms. The van der Waals surface area contributed by atoms with Crippen LogP contribution in [0.1, 0.15) is 13.8 Å². The highest BCUT2D eigenvalue weighted by atomic mass is 16.5. The Labute approximate surface area is 74.0 Å². The highest BCUT2D eigenvalue weighted by Crippen LogP contribution is 1.93. The fraction of sp³-hybridized carbons (Fsp3) is 0.667. The summed E-state index contributed by atoms with van der Waals surface area (Å²) >= 11 is 0. The molecule has 0 N–H and O–H groups in total. The molecule has 0 aromatic rings. The minimum atomic E-state index is -0.272. The van der Waals surface area contributed by atoms with Gasteiger partial charge in [0.25, 0.3) is 0 Å². The molecule has 0 heterocycles. The average molecular weight is 171 g/mol. The molecule has 0 aliphatic rings. The van der Waals surface area contributed by atoms with Crippen LogP contribution in [0.5, 0.6) is 0 Å². The van der Waals surface area contributed by atoms with E-state index >= 15 is 0 Å². The van der Waals surface area contributed by atoms with Crippen molar-refractivity contribution in [3.8, 4) is 0 Å². The first-order valence-electron chi connectivity index (χ1n) is 4.09. The Hall–Kier alpha value is -0.830. The molecule has 0 aliphatic heterocycles. The van der Waals surface area contributed by atoms with Crippen molar-refractivity contribution in [3.05, 3.63) is 12.2 Å². The SMILES string of the molecule is CCOC(=O)/C=C/C(C)N(C)C. The molecule has 1 atom stereocenters. The number of hydrogen-bond donors (Lipinski definition) is 0. The third kappa shape index (κ3) is 4.91. The van der Waals surface area contributed by atoms with E-state index in [9.17, 15) is 4.79 Å². The monoisotopic (exact) mass is 171 g/mol. The molecule has 0 saturated carbocycles. The molecule has 3 heteroatoms. The zero-order valence-corrected chi connectivity index (χ0v) is 8.20. The standard InChI is InChI=1S/C9H17NO2/c1-5-12-9(11)7-6-8(2)10(3)4/h6-8H,5H2,1-4H3/b7-6+. The zero-order chi connectivity index (χ0) is 9.56. The molecule has 0 aromatic heterocycles. The van der Waals surface area contributed by atoms with Crippen molar-refractivity contribution in [2.75, 3.05) is 20.7 Å². The first-order chi connectivity index (χ1) is 5.57. The summed E-state index contributed by atoms with van der Waals surface area (Å²) in [6.07, 6.45) is 3.28. The van der Waals surface area contributed by atoms with E-state index < -0.39 is 0 Å². The van der Waals surface area contributed by atoms with E-state index in [1.807, 2.05) is 32.0 Å². The Morgan fingerprint density at radius 3 is 2.58 bits per heavy atom. The molecule has 0 aliphatic carbocycles. The van der Waals surface area contributed by atoms with E-state index in [2.05, 4.69) is 0 Å². The molecule has 70 valence electrons. The number of hydrogen-bond acceptors (Lipinski definition) is 3. The maximum atomic E-state index is 10.8. The van der Waals surface area contributed by atoms with Gasteiger partial charge in [0.15, 0.2) is 0 Å². The van der Waals surface area contributed by atoms with Crippen molar-refractivity contribution >= 4 is 5.97 Å². The van der Waals surface area contributed by atoms with Crippen molar-refractivity contribution in [3.63, 3.8) is 0 Å². The molecule has 0 fully saturated rings. The lowest BCUT2D eigenvalue weighted by Gasteiger charge is -2.14. The average Bonchev–Trinajstić information content (AvgIpc) is 2.00. The van der Waals surface area contributed by atoms with Crippen LogP contribution in [0, 0.1) is 0 Å². The second-order valence-corrected chi connectivity index (χ2v) is 2.82. The van der Waals surface area contributed by atoms with Gasteiger partial charge in [-0.2, -0.15) is 0 Å². The topological polar surface area (TPSA) is 29.5 Å². The normalized spacial score (nSPS) is 13.8. The van der Waals surface area contributed by atoms with Gasteiger partial charge in [0.1, 0.15) is 0 Å². The summed E-state index contributed by atoms with van der Waals surface area (Å²) in [5.41, 5.74) is 0. The lowest BCUT2D eigenvalue weighted by atomic mass is 10.3. The smallest absolute Gasteiger partial charge is 0.330 e. The predicted molar refractivity (Wildman–Crippen MR) is 48.9 cm³/mol. The Morgan fingerprint density at radius 1 is 1.58 bits per heavy atom. The summed E-state index contributed by atoms with van der Waals surface area (Å²) in [6, 6.07) is 0.259. The quantitative estimate of drug-likeness (QED) is 0.468. The summed E-state index contributed by atoms with van der Waals surface area (Å²) in [5.74, 6) is -0.272. The summed E-state index contributed by atoms with van der Waals surface area (Å²) in [4.78, 5) is 12.9. The van der Waals surface area contributed by atoms with Crippen molar-refractivity contribution in [1.82, 2.24) is 4.90 Å². The zero-order valence-electron chi connectivity index (χ0n) is 8.20. The minimum Gasteiger partial charge on any atom is -0.463 e. The largest absolute Gasteiger partial charge is 0.463 e. The van der Waals surface area contributed by atoms with Gasteiger partial charge in [-0.1, -0.05) is 6.08 Å². The maximum absolute atomic E-state index is 10.8. The van der Waals surface area contributed by atoms with Gasteiger partial charge in [-0.25, -0.2) is 4.79 Å². The number of rotatable bonds is 4. The van der Waals surface area contributed by atoms with E-state index in [1.54, 1.807) is 6.92 Å². The Kier molecular flexibility index (Phi) is 5.37. The van der Waals surface area contributed by atoms with Gasteiger partial charge in [0, 0.05) is 12.1 Å². The molecule has 0 aromatic carbocycles. The third-order valence-corrected chi connectivity index (χ3v) is 1.61. The molecule has 0 rings (SSSR count). The van der Waals surface area contributed by atoms with E-state index in [1.165, 1.54) is 6.08 Å². The molecule has 3 nitrogen and oxygen atoms in total. The number of carbonyl (C=O) groups is 1. The van der Waals surface area contributed by atoms with E-state index in [0.717, 1.165) is 0 Å². The predicted octanol–water partition coefficient (Wildman–Crippen LogP) is 1.06. The molecular formula is C9H17NO2. The molecule has 0 radical (unpaired) electrons. The van der Waals surface area contributed by atoms with Gasteiger partial charge >= 0.3 is 5.97 Å². The van der Waals surface area contributed by atoms with Crippen LogP contribution >= 0.6 is 0 Å². The Morgan fingerprint density at radius 2 is 2.17 bits per heavy atom. The molecule has 1 unspecified atom stereocenters. The molecule has 0 saturated heterocycles. The van der Waals surface area contributed by atoms with Crippen molar-refractivity contribution in [2.45, 2.75) is 19.9 Å². The fourth-order valence-corrected chi connectivity index (χ4v) is 0.580. The number of nitrogens with zero attached hydrogens (tertiary/aromatic N) is 1. The first kappa shape index (κ1) is 11.2. The highest BCUT2D eigenvalue weighted by molar-refractivity contribution is 5.81. The number of esters is 1. The van der Waals surface area contributed by atoms with Crippen LogP contribution in [0.4, 0.5) is 0 Å². The van der Waals surface area contributed by atoms with Crippen LogP contribution in [0.2, 0.25) is 0 Å². The second kappa shape index (κ2) is 5.77. The lowest BCUT2D eigenvalue weighted by Crippen LogP contribution is -2.22. The number of likely N-dealkylation sites (N-methyl/N-ethyl adjacent to an activating group) is 1. The first-order valence-corrected chi connectivity index (χ1v) is 4.09. The van der Waals surface area contributed by atoms with Gasteiger partial charge < -0.3 is 9.64 Å². The number of carbonyl (C=O) groups excluding carboxylic acids is 1. The lowest BCUT2D eigenvalue weighted by molar-refractivity contribution is -0.137. The maximum Gasteiger partial charge on any atom is 0.330 e. The fourth-order valence-electron chi connectivity index (χ4n) is 0.580. The molecule has 0 spiro atoms. The van der Waals surface area contributed by atoms with Crippen molar-refractivity contribution < 1.29 is 9.53 Å². The Bertz CT molecular complexity index is 164. The van der Waals surface area contributed by atoms with Gasteiger partial charge in [-0.3, -0.25) is 0 Å². The van der Waals surface area contributed by atoms with E-state index in [0.29, 0.717) is 6.61 Å². The summed E-state index contributed by atoms with van der Waals surface area (Å²) in [7, 11) is 3.92. The molecule has 0 bridgehead atoms. The van der Waals surface area contributed by atoms with Gasteiger partial charge in [0.2, 0.25) is 0 Å².